The zero-order valence-corrected chi connectivity index (χ0v) is 18.1. The summed E-state index contributed by atoms with van der Waals surface area (Å²) >= 11 is 0. The SMILES string of the molecule is O=C(C1CCCN(S(=O)(=O)c2ccc3nc(-c4ccccc4)[nH]c3c2)C1)N1CCCC1. The molecule has 1 N–H and O–H groups in total. The van der Waals surface area contributed by atoms with Crippen molar-refractivity contribution < 1.29 is 13.2 Å². The number of carbonyl (C=O) groups is 1. The van der Waals surface area contributed by atoms with Gasteiger partial charge in [-0.15, -0.1) is 0 Å². The summed E-state index contributed by atoms with van der Waals surface area (Å²) in [7, 11) is -3.68. The highest BCUT2D eigenvalue weighted by atomic mass is 32.2. The minimum atomic E-state index is -3.68. The molecule has 8 heteroatoms. The fourth-order valence-electron chi connectivity index (χ4n) is 4.59. The third-order valence-electron chi connectivity index (χ3n) is 6.29. The molecule has 3 aromatic rings. The Kier molecular flexibility index (Phi) is 5.27. The first-order chi connectivity index (χ1) is 15.0. The first-order valence-corrected chi connectivity index (χ1v) is 12.3. The van der Waals surface area contributed by atoms with Crippen LogP contribution in [0.3, 0.4) is 0 Å². The molecular weight excluding hydrogens is 412 g/mol. The van der Waals surface area contributed by atoms with Gasteiger partial charge >= 0.3 is 0 Å². The molecule has 2 aliphatic rings. The van der Waals surface area contributed by atoms with Crippen molar-refractivity contribution in [2.75, 3.05) is 26.2 Å². The lowest BCUT2D eigenvalue weighted by molar-refractivity contribution is -0.135. The number of aromatic nitrogens is 2. The molecule has 0 bridgehead atoms. The quantitative estimate of drug-likeness (QED) is 0.677. The molecule has 2 aromatic carbocycles. The number of hydrogen-bond acceptors (Lipinski definition) is 4. The summed E-state index contributed by atoms with van der Waals surface area (Å²) in [5.41, 5.74) is 2.35. The number of aromatic amines is 1. The van der Waals surface area contributed by atoms with E-state index >= 15 is 0 Å². The molecule has 5 rings (SSSR count). The van der Waals surface area contributed by atoms with Crippen LogP contribution in [0.4, 0.5) is 0 Å². The number of sulfonamides is 1. The summed E-state index contributed by atoms with van der Waals surface area (Å²) in [6.45, 7) is 2.29. The molecule has 1 amide bonds. The number of nitrogens with zero attached hydrogens (tertiary/aromatic N) is 3. The minimum Gasteiger partial charge on any atom is -0.342 e. The van der Waals surface area contributed by atoms with E-state index in [0.717, 1.165) is 43.4 Å². The third-order valence-corrected chi connectivity index (χ3v) is 8.15. The molecule has 2 aliphatic heterocycles. The summed E-state index contributed by atoms with van der Waals surface area (Å²) in [4.78, 5) is 22.8. The van der Waals surface area contributed by atoms with Crippen LogP contribution >= 0.6 is 0 Å². The van der Waals surface area contributed by atoms with Gasteiger partial charge in [-0.2, -0.15) is 4.31 Å². The number of imidazole rings is 1. The van der Waals surface area contributed by atoms with Crippen molar-refractivity contribution in [2.24, 2.45) is 5.92 Å². The van der Waals surface area contributed by atoms with Crippen molar-refractivity contribution in [1.29, 1.82) is 0 Å². The highest BCUT2D eigenvalue weighted by molar-refractivity contribution is 7.89. The molecule has 0 radical (unpaired) electrons. The van der Waals surface area contributed by atoms with Crippen LogP contribution in [-0.2, 0) is 14.8 Å². The zero-order chi connectivity index (χ0) is 21.4. The highest BCUT2D eigenvalue weighted by Gasteiger charge is 2.35. The van der Waals surface area contributed by atoms with Gasteiger partial charge in [-0.25, -0.2) is 13.4 Å². The maximum Gasteiger partial charge on any atom is 0.243 e. The van der Waals surface area contributed by atoms with Crippen LogP contribution in [0.5, 0.6) is 0 Å². The predicted octanol–water partition coefficient (Wildman–Crippen LogP) is 3.25. The Morgan fingerprint density at radius 1 is 1.00 bits per heavy atom. The van der Waals surface area contributed by atoms with Gasteiger partial charge in [0.05, 0.1) is 21.8 Å². The molecule has 0 saturated carbocycles. The van der Waals surface area contributed by atoms with Crippen LogP contribution in [0.1, 0.15) is 25.7 Å². The number of fused-ring (bicyclic) bond motifs is 1. The molecule has 1 aromatic heterocycles. The Hall–Kier alpha value is -2.71. The monoisotopic (exact) mass is 438 g/mol. The number of amides is 1. The van der Waals surface area contributed by atoms with E-state index in [1.807, 2.05) is 35.2 Å². The van der Waals surface area contributed by atoms with Gasteiger partial charge in [-0.05, 0) is 43.9 Å². The number of hydrogen-bond donors (Lipinski definition) is 1. The number of benzene rings is 2. The number of H-pyrrole nitrogens is 1. The predicted molar refractivity (Wildman–Crippen MR) is 119 cm³/mol. The van der Waals surface area contributed by atoms with E-state index in [1.165, 1.54) is 4.31 Å². The van der Waals surface area contributed by atoms with Crippen molar-refractivity contribution in [3.8, 4) is 11.4 Å². The summed E-state index contributed by atoms with van der Waals surface area (Å²) in [6.07, 6.45) is 3.53. The molecule has 1 atom stereocenters. The van der Waals surface area contributed by atoms with Crippen molar-refractivity contribution in [2.45, 2.75) is 30.6 Å². The smallest absolute Gasteiger partial charge is 0.243 e. The van der Waals surface area contributed by atoms with E-state index < -0.39 is 10.0 Å². The first kappa shape index (κ1) is 20.2. The van der Waals surface area contributed by atoms with Gasteiger partial charge in [0.1, 0.15) is 5.82 Å². The van der Waals surface area contributed by atoms with Gasteiger partial charge in [0.2, 0.25) is 15.9 Å². The number of rotatable bonds is 4. The summed E-state index contributed by atoms with van der Waals surface area (Å²) in [5, 5.41) is 0. The maximum absolute atomic E-state index is 13.4. The Labute approximate surface area is 182 Å². The molecule has 0 aliphatic carbocycles. The fourth-order valence-corrected chi connectivity index (χ4v) is 6.14. The van der Waals surface area contributed by atoms with E-state index in [2.05, 4.69) is 9.97 Å². The standard InChI is InChI=1S/C23H26N4O3S/c28-23(26-12-4-5-13-26)18-9-6-14-27(16-18)31(29,30)19-10-11-20-21(15-19)25-22(24-20)17-7-2-1-3-8-17/h1-3,7-8,10-11,15,18H,4-6,9,12-14,16H2,(H,24,25). The molecular formula is C23H26N4O3S. The van der Waals surface area contributed by atoms with Crippen LogP contribution < -0.4 is 0 Å². The second-order valence-corrected chi connectivity index (χ2v) is 10.3. The number of carbonyl (C=O) groups excluding carboxylic acids is 1. The average Bonchev–Trinajstić information content (AvgIpc) is 3.49. The van der Waals surface area contributed by atoms with E-state index in [0.29, 0.717) is 24.3 Å². The minimum absolute atomic E-state index is 0.105. The number of likely N-dealkylation sites (tertiary alicyclic amines) is 1. The average molecular weight is 439 g/mol. The van der Waals surface area contributed by atoms with E-state index in [1.54, 1.807) is 18.2 Å². The lowest BCUT2D eigenvalue weighted by Gasteiger charge is -2.33. The Balaban J connectivity index is 1.39. The van der Waals surface area contributed by atoms with Crippen LogP contribution in [0.15, 0.2) is 53.4 Å². The van der Waals surface area contributed by atoms with Crippen molar-refractivity contribution in [3.05, 3.63) is 48.5 Å². The molecule has 2 fully saturated rings. The Morgan fingerprint density at radius 3 is 2.55 bits per heavy atom. The van der Waals surface area contributed by atoms with Crippen LogP contribution in [0.25, 0.3) is 22.4 Å². The van der Waals surface area contributed by atoms with Crippen molar-refractivity contribution in [3.63, 3.8) is 0 Å². The van der Waals surface area contributed by atoms with E-state index in [-0.39, 0.29) is 23.3 Å². The van der Waals surface area contributed by atoms with Gasteiger partial charge in [-0.1, -0.05) is 30.3 Å². The second-order valence-electron chi connectivity index (χ2n) is 8.36. The second kappa shape index (κ2) is 8.09. The van der Waals surface area contributed by atoms with Crippen LogP contribution in [0, 0.1) is 5.92 Å². The molecule has 31 heavy (non-hydrogen) atoms. The Morgan fingerprint density at radius 2 is 1.77 bits per heavy atom. The summed E-state index contributed by atoms with van der Waals surface area (Å²) in [6, 6.07) is 14.7. The third kappa shape index (κ3) is 3.85. The summed E-state index contributed by atoms with van der Waals surface area (Å²) < 4.78 is 28.2. The van der Waals surface area contributed by atoms with Crippen LogP contribution in [0.2, 0.25) is 0 Å². The topological polar surface area (TPSA) is 86.4 Å². The Bertz CT molecular complexity index is 1200. The van der Waals surface area contributed by atoms with Gasteiger partial charge in [-0.3, -0.25) is 4.79 Å². The number of piperidine rings is 1. The molecule has 0 spiro atoms. The van der Waals surface area contributed by atoms with E-state index in [9.17, 15) is 13.2 Å². The first-order valence-electron chi connectivity index (χ1n) is 10.9. The normalized spacial score (nSPS) is 20.4. The molecule has 1 unspecified atom stereocenters. The van der Waals surface area contributed by atoms with Crippen LogP contribution in [-0.4, -0.2) is 59.7 Å². The molecule has 7 nitrogen and oxygen atoms in total. The zero-order valence-electron chi connectivity index (χ0n) is 17.3. The number of nitrogens with one attached hydrogen (secondary N) is 1. The summed E-state index contributed by atoms with van der Waals surface area (Å²) in [5.74, 6) is 0.565. The van der Waals surface area contributed by atoms with E-state index in [4.69, 9.17) is 0 Å². The fraction of sp³-hybridized carbons (Fsp3) is 0.391. The maximum atomic E-state index is 13.4. The van der Waals surface area contributed by atoms with Gasteiger partial charge < -0.3 is 9.88 Å². The van der Waals surface area contributed by atoms with Crippen molar-refractivity contribution >= 4 is 27.0 Å². The molecule has 162 valence electrons. The van der Waals surface area contributed by atoms with Gasteiger partial charge in [0, 0.05) is 31.7 Å². The van der Waals surface area contributed by atoms with Gasteiger partial charge in [0.25, 0.3) is 0 Å². The van der Waals surface area contributed by atoms with Gasteiger partial charge in [0.15, 0.2) is 0 Å². The molecule has 2 saturated heterocycles. The van der Waals surface area contributed by atoms with Crippen molar-refractivity contribution in [1.82, 2.24) is 19.2 Å². The lowest BCUT2D eigenvalue weighted by atomic mass is 9.98. The molecule has 3 heterocycles. The largest absolute Gasteiger partial charge is 0.342 e. The highest BCUT2D eigenvalue weighted by Crippen LogP contribution is 2.28. The lowest BCUT2D eigenvalue weighted by Crippen LogP contribution is -2.46.